The van der Waals surface area contributed by atoms with Crippen molar-refractivity contribution < 1.29 is 13.2 Å². The molecule has 1 N–H and O–H groups in total. The van der Waals surface area contributed by atoms with Gasteiger partial charge in [-0.1, -0.05) is 6.92 Å². The first-order valence-corrected chi connectivity index (χ1v) is 5.51. The number of alkyl halides is 3. The highest BCUT2D eigenvalue weighted by Crippen LogP contribution is 2.27. The maximum atomic E-state index is 12.1. The van der Waals surface area contributed by atoms with E-state index >= 15 is 0 Å². The lowest BCUT2D eigenvalue weighted by Gasteiger charge is -2.21. The summed E-state index contributed by atoms with van der Waals surface area (Å²) in [5.74, 6) is 0.780. The molecule has 0 aromatic rings. The van der Waals surface area contributed by atoms with E-state index in [0.717, 1.165) is 12.5 Å². The topological polar surface area (TPSA) is 15.3 Å². The van der Waals surface area contributed by atoms with Crippen molar-refractivity contribution in [2.24, 2.45) is 5.92 Å². The predicted octanol–water partition coefficient (Wildman–Crippen LogP) is 1.87. The van der Waals surface area contributed by atoms with Crippen LogP contribution in [0.4, 0.5) is 13.2 Å². The summed E-state index contributed by atoms with van der Waals surface area (Å²) in [5, 5.41) is 3.19. The maximum absolute atomic E-state index is 12.1. The first kappa shape index (κ1) is 12.8. The Balaban J connectivity index is 2.04. The second-order valence-electron chi connectivity index (χ2n) is 4.13. The average molecular weight is 224 g/mol. The predicted molar refractivity (Wildman–Crippen MR) is 53.8 cm³/mol. The quantitative estimate of drug-likeness (QED) is 0.664. The first-order chi connectivity index (χ1) is 7.01. The van der Waals surface area contributed by atoms with E-state index in [1.54, 1.807) is 6.92 Å². The van der Waals surface area contributed by atoms with Gasteiger partial charge in [-0.2, -0.15) is 13.2 Å². The Morgan fingerprint density at radius 2 is 2.00 bits per heavy atom. The fraction of sp³-hybridized carbons (Fsp3) is 1.00. The summed E-state index contributed by atoms with van der Waals surface area (Å²) in [6, 6.07) is 0. The van der Waals surface area contributed by atoms with Crippen LogP contribution in [0.1, 0.15) is 19.8 Å². The Kier molecular flexibility index (Phi) is 4.86. The normalized spacial score (nSPS) is 17.4. The number of likely N-dealkylation sites (N-methyl/N-ethyl adjacent to an activating group) is 1. The third kappa shape index (κ3) is 6.73. The minimum Gasteiger partial charge on any atom is -0.315 e. The number of nitrogens with one attached hydrogen (secondary N) is 1. The zero-order valence-electron chi connectivity index (χ0n) is 9.11. The molecule has 1 saturated carbocycles. The molecular weight excluding hydrogens is 205 g/mol. The van der Waals surface area contributed by atoms with Crippen LogP contribution < -0.4 is 5.32 Å². The van der Waals surface area contributed by atoms with Crippen molar-refractivity contribution >= 4 is 0 Å². The van der Waals surface area contributed by atoms with Gasteiger partial charge >= 0.3 is 6.18 Å². The second kappa shape index (κ2) is 5.70. The highest BCUT2D eigenvalue weighted by molar-refractivity contribution is 4.75. The largest absolute Gasteiger partial charge is 0.401 e. The van der Waals surface area contributed by atoms with E-state index < -0.39 is 12.7 Å². The van der Waals surface area contributed by atoms with E-state index in [1.807, 2.05) is 0 Å². The summed E-state index contributed by atoms with van der Waals surface area (Å²) in [5.41, 5.74) is 0. The Morgan fingerprint density at radius 1 is 1.33 bits per heavy atom. The van der Waals surface area contributed by atoms with Crippen LogP contribution >= 0.6 is 0 Å². The van der Waals surface area contributed by atoms with Gasteiger partial charge < -0.3 is 5.32 Å². The number of hydrogen-bond acceptors (Lipinski definition) is 2. The van der Waals surface area contributed by atoms with Gasteiger partial charge in [0.25, 0.3) is 0 Å². The minimum atomic E-state index is -4.08. The summed E-state index contributed by atoms with van der Waals surface area (Å²) < 4.78 is 36.2. The molecule has 0 amide bonds. The summed E-state index contributed by atoms with van der Waals surface area (Å²) in [7, 11) is 0. The molecule has 0 aromatic heterocycles. The third-order valence-corrected chi connectivity index (χ3v) is 2.58. The number of nitrogens with zero attached hydrogens (tertiary/aromatic N) is 1. The molecule has 15 heavy (non-hydrogen) atoms. The van der Waals surface area contributed by atoms with Crippen LogP contribution in [0.3, 0.4) is 0 Å². The maximum Gasteiger partial charge on any atom is 0.401 e. The van der Waals surface area contributed by atoms with E-state index in [2.05, 4.69) is 5.32 Å². The van der Waals surface area contributed by atoms with Crippen LogP contribution in [0.5, 0.6) is 0 Å². The fourth-order valence-electron chi connectivity index (χ4n) is 1.47. The van der Waals surface area contributed by atoms with Crippen LogP contribution in [0, 0.1) is 5.92 Å². The van der Waals surface area contributed by atoms with E-state index in [4.69, 9.17) is 0 Å². The molecular formula is C10H19F3N2. The van der Waals surface area contributed by atoms with Gasteiger partial charge in [0.15, 0.2) is 0 Å². The molecule has 1 rings (SSSR count). The zero-order chi connectivity index (χ0) is 11.3. The Hall–Kier alpha value is -0.290. The van der Waals surface area contributed by atoms with Crippen LogP contribution in [-0.4, -0.2) is 43.8 Å². The van der Waals surface area contributed by atoms with Crippen molar-refractivity contribution in [2.75, 3.05) is 32.7 Å². The van der Waals surface area contributed by atoms with E-state index in [-0.39, 0.29) is 0 Å². The lowest BCUT2D eigenvalue weighted by molar-refractivity contribution is -0.145. The molecule has 5 heteroatoms. The van der Waals surface area contributed by atoms with Gasteiger partial charge in [-0.3, -0.25) is 4.90 Å². The molecule has 0 spiro atoms. The molecule has 1 fully saturated rings. The molecule has 0 atom stereocenters. The van der Waals surface area contributed by atoms with Gasteiger partial charge in [-0.15, -0.1) is 0 Å². The number of rotatable bonds is 7. The molecule has 0 radical (unpaired) electrons. The van der Waals surface area contributed by atoms with Crippen molar-refractivity contribution in [3.05, 3.63) is 0 Å². The summed E-state index contributed by atoms with van der Waals surface area (Å²) in [6.45, 7) is 3.50. The van der Waals surface area contributed by atoms with E-state index in [1.165, 1.54) is 17.7 Å². The molecule has 0 aromatic carbocycles. The van der Waals surface area contributed by atoms with Crippen LogP contribution in [0.2, 0.25) is 0 Å². The molecule has 1 aliphatic carbocycles. The standard InChI is InChI=1S/C10H19F3N2/c1-2-15(8-10(11,12)13)6-5-14-7-9-3-4-9/h9,14H,2-8H2,1H3. The van der Waals surface area contributed by atoms with Gasteiger partial charge in [0, 0.05) is 13.1 Å². The van der Waals surface area contributed by atoms with Gasteiger partial charge in [0.2, 0.25) is 0 Å². The van der Waals surface area contributed by atoms with Crippen LogP contribution in [0.25, 0.3) is 0 Å². The summed E-state index contributed by atoms with van der Waals surface area (Å²) in [4.78, 5) is 1.42. The van der Waals surface area contributed by atoms with Gasteiger partial charge in [0.1, 0.15) is 0 Å². The van der Waals surface area contributed by atoms with Gasteiger partial charge in [0.05, 0.1) is 6.54 Å². The Labute approximate surface area is 88.8 Å². The molecule has 0 saturated heterocycles. The molecule has 0 aliphatic heterocycles. The van der Waals surface area contributed by atoms with E-state index in [0.29, 0.717) is 19.6 Å². The van der Waals surface area contributed by atoms with Crippen molar-refractivity contribution in [3.8, 4) is 0 Å². The summed E-state index contributed by atoms with van der Waals surface area (Å²) in [6.07, 6.45) is -1.54. The van der Waals surface area contributed by atoms with Gasteiger partial charge in [-0.05, 0) is 31.8 Å². The van der Waals surface area contributed by atoms with E-state index in [9.17, 15) is 13.2 Å². The Bertz CT molecular complexity index is 178. The zero-order valence-corrected chi connectivity index (χ0v) is 9.11. The number of halogens is 3. The SMILES string of the molecule is CCN(CCNCC1CC1)CC(F)(F)F. The molecule has 1 aliphatic rings. The molecule has 0 unspecified atom stereocenters. The lowest BCUT2D eigenvalue weighted by atomic mass is 10.4. The molecule has 0 heterocycles. The monoisotopic (exact) mass is 224 g/mol. The molecule has 2 nitrogen and oxygen atoms in total. The van der Waals surface area contributed by atoms with Crippen molar-refractivity contribution in [2.45, 2.75) is 25.9 Å². The third-order valence-electron chi connectivity index (χ3n) is 2.58. The van der Waals surface area contributed by atoms with Gasteiger partial charge in [-0.25, -0.2) is 0 Å². The smallest absolute Gasteiger partial charge is 0.315 e. The lowest BCUT2D eigenvalue weighted by Crippen LogP contribution is -2.38. The highest BCUT2D eigenvalue weighted by Gasteiger charge is 2.29. The minimum absolute atomic E-state index is 0.449. The summed E-state index contributed by atoms with van der Waals surface area (Å²) >= 11 is 0. The van der Waals surface area contributed by atoms with Crippen LogP contribution in [0.15, 0.2) is 0 Å². The fourth-order valence-corrected chi connectivity index (χ4v) is 1.47. The first-order valence-electron chi connectivity index (χ1n) is 5.51. The second-order valence-corrected chi connectivity index (χ2v) is 4.13. The van der Waals surface area contributed by atoms with Crippen molar-refractivity contribution in [1.29, 1.82) is 0 Å². The molecule has 90 valence electrons. The average Bonchev–Trinajstić information content (AvgIpc) is 2.92. The van der Waals surface area contributed by atoms with Crippen molar-refractivity contribution in [1.82, 2.24) is 10.2 Å². The van der Waals surface area contributed by atoms with Crippen LogP contribution in [-0.2, 0) is 0 Å². The van der Waals surface area contributed by atoms with Crippen molar-refractivity contribution in [3.63, 3.8) is 0 Å². The number of hydrogen-bond donors (Lipinski definition) is 1. The Morgan fingerprint density at radius 3 is 2.47 bits per heavy atom. The molecule has 0 bridgehead atoms. The highest BCUT2D eigenvalue weighted by atomic mass is 19.4.